The number of nitrogens with one attached hydrogen (secondary N) is 1. The van der Waals surface area contributed by atoms with E-state index in [4.69, 9.17) is 0 Å². The second-order valence-corrected chi connectivity index (χ2v) is 4.17. The van der Waals surface area contributed by atoms with Crippen LogP contribution in [-0.2, 0) is 4.79 Å². The zero-order valence-electron chi connectivity index (χ0n) is 7.73. The highest BCUT2D eigenvalue weighted by atomic mass is 32.2. The third-order valence-electron chi connectivity index (χ3n) is 2.04. The van der Waals surface area contributed by atoms with Crippen molar-refractivity contribution in [1.29, 1.82) is 0 Å². The van der Waals surface area contributed by atoms with Crippen molar-refractivity contribution in [2.45, 2.75) is 12.2 Å². The smallest absolute Gasteiger partial charge is 0.198 e. The first-order valence-corrected chi connectivity index (χ1v) is 5.25. The molecule has 1 heterocycles. The molecule has 1 N–H and O–H groups in total. The number of benzene rings is 1. The van der Waals surface area contributed by atoms with Gasteiger partial charge in [0.15, 0.2) is 5.78 Å². The van der Waals surface area contributed by atoms with Crippen molar-refractivity contribution in [3.05, 3.63) is 35.9 Å². The Labute approximate surface area is 86.7 Å². The second-order valence-electron chi connectivity index (χ2n) is 3.04. The molecule has 0 bridgehead atoms. The fourth-order valence-electron chi connectivity index (χ4n) is 1.26. The number of carbonyl (C=O) groups is 1. The highest BCUT2D eigenvalue weighted by molar-refractivity contribution is 7.98. The highest BCUT2D eigenvalue weighted by Gasteiger charge is 2.24. The molecular formula is C10H10N2OS. The minimum absolute atomic E-state index is 0.0669. The van der Waals surface area contributed by atoms with Crippen molar-refractivity contribution in [1.82, 2.24) is 4.83 Å². The third-order valence-corrected chi connectivity index (χ3v) is 2.80. The number of carbonyl (C=O) groups excluding carboxylic acids is 1. The molecule has 0 saturated heterocycles. The summed E-state index contributed by atoms with van der Waals surface area (Å²) in [5.41, 5.74) is 1.40. The Hall–Kier alpha value is -1.29. The molecule has 0 fully saturated rings. The summed E-state index contributed by atoms with van der Waals surface area (Å²) in [5, 5.41) is 3.94. The number of hydrogen-bond acceptors (Lipinski definition) is 4. The first-order valence-electron chi connectivity index (χ1n) is 4.37. The molecule has 1 unspecified atom stereocenters. The molecule has 72 valence electrons. The van der Waals surface area contributed by atoms with Crippen LogP contribution < -0.4 is 4.83 Å². The molecule has 0 saturated carbocycles. The number of rotatable bonds is 1. The molecule has 1 aromatic carbocycles. The van der Waals surface area contributed by atoms with Crippen LogP contribution in [0, 0.1) is 0 Å². The quantitative estimate of drug-likeness (QED) is 0.710. The number of hydrogen-bond donors (Lipinski definition) is 1. The van der Waals surface area contributed by atoms with E-state index in [1.54, 1.807) is 0 Å². The normalized spacial score (nSPS) is 21.4. The maximum Gasteiger partial charge on any atom is 0.198 e. The second kappa shape index (κ2) is 3.84. The molecule has 14 heavy (non-hydrogen) atoms. The lowest BCUT2D eigenvalue weighted by molar-refractivity contribution is -0.112. The topological polar surface area (TPSA) is 41.5 Å². The Morgan fingerprint density at radius 1 is 1.36 bits per heavy atom. The maximum absolute atomic E-state index is 11.7. The zero-order chi connectivity index (χ0) is 9.97. The van der Waals surface area contributed by atoms with Crippen LogP contribution in [0.25, 0.3) is 0 Å². The molecule has 0 aromatic heterocycles. The van der Waals surface area contributed by atoms with Gasteiger partial charge in [-0.15, -0.1) is 0 Å². The van der Waals surface area contributed by atoms with Crippen LogP contribution in [0.15, 0.2) is 35.4 Å². The van der Waals surface area contributed by atoms with Gasteiger partial charge in [-0.05, 0) is 18.9 Å². The van der Waals surface area contributed by atoms with Gasteiger partial charge in [-0.1, -0.05) is 30.3 Å². The van der Waals surface area contributed by atoms with Gasteiger partial charge in [-0.3, -0.25) is 9.63 Å². The van der Waals surface area contributed by atoms with Crippen molar-refractivity contribution in [2.24, 2.45) is 5.10 Å². The minimum Gasteiger partial charge on any atom is -0.291 e. The van der Waals surface area contributed by atoms with Gasteiger partial charge in [0.25, 0.3) is 0 Å². The number of nitrogens with zero attached hydrogens (tertiary/aromatic N) is 1. The van der Waals surface area contributed by atoms with Crippen LogP contribution in [0.5, 0.6) is 0 Å². The summed E-state index contributed by atoms with van der Waals surface area (Å²) in [4.78, 5) is 14.5. The molecule has 0 spiro atoms. The standard InChI is InChI=1S/C10H10N2OS/c1-7-10(13)9(11-12-14-7)8-5-3-2-4-6-8/h2-7,12H,1H3. The molecule has 1 aromatic rings. The summed E-state index contributed by atoms with van der Waals surface area (Å²) in [5.74, 6) is 0.0833. The van der Waals surface area contributed by atoms with E-state index in [0.29, 0.717) is 5.71 Å². The van der Waals surface area contributed by atoms with Gasteiger partial charge in [0.1, 0.15) is 5.71 Å². The van der Waals surface area contributed by atoms with Crippen LogP contribution in [0.4, 0.5) is 0 Å². The Morgan fingerprint density at radius 3 is 2.79 bits per heavy atom. The molecule has 3 nitrogen and oxygen atoms in total. The monoisotopic (exact) mass is 206 g/mol. The van der Waals surface area contributed by atoms with Gasteiger partial charge in [0.2, 0.25) is 0 Å². The number of ketones is 1. The van der Waals surface area contributed by atoms with E-state index in [9.17, 15) is 4.79 Å². The van der Waals surface area contributed by atoms with Crippen LogP contribution in [0.1, 0.15) is 12.5 Å². The Balaban J connectivity index is 2.35. The maximum atomic E-state index is 11.7. The fourth-order valence-corrected chi connectivity index (χ4v) is 1.78. The van der Waals surface area contributed by atoms with Gasteiger partial charge >= 0.3 is 0 Å². The molecular weight excluding hydrogens is 196 g/mol. The van der Waals surface area contributed by atoms with E-state index < -0.39 is 0 Å². The summed E-state index contributed by atoms with van der Waals surface area (Å²) in [7, 11) is 0. The predicted molar refractivity (Wildman–Crippen MR) is 58.2 cm³/mol. The van der Waals surface area contributed by atoms with Crippen molar-refractivity contribution in [2.75, 3.05) is 0 Å². The molecule has 0 amide bonds. The van der Waals surface area contributed by atoms with Crippen LogP contribution >= 0.6 is 11.9 Å². The van der Waals surface area contributed by atoms with Crippen molar-refractivity contribution in [3.8, 4) is 0 Å². The van der Waals surface area contributed by atoms with E-state index in [-0.39, 0.29) is 11.0 Å². The average molecular weight is 206 g/mol. The number of hydrazone groups is 1. The SMILES string of the molecule is CC1SNN=C(c2ccccc2)C1=O. The van der Waals surface area contributed by atoms with Crippen LogP contribution in [-0.4, -0.2) is 16.7 Å². The highest BCUT2D eigenvalue weighted by Crippen LogP contribution is 2.16. The summed E-state index contributed by atoms with van der Waals surface area (Å²) in [6, 6.07) is 9.50. The molecule has 2 rings (SSSR count). The summed E-state index contributed by atoms with van der Waals surface area (Å²) in [6.07, 6.45) is 0. The van der Waals surface area contributed by atoms with Crippen molar-refractivity contribution >= 4 is 23.4 Å². The van der Waals surface area contributed by atoms with Crippen LogP contribution in [0.3, 0.4) is 0 Å². The van der Waals surface area contributed by atoms with Crippen molar-refractivity contribution in [3.63, 3.8) is 0 Å². The largest absolute Gasteiger partial charge is 0.291 e. The Bertz CT molecular complexity index is 375. The Kier molecular flexibility index (Phi) is 2.54. The van der Waals surface area contributed by atoms with Gasteiger partial charge in [-0.2, -0.15) is 5.10 Å². The lowest BCUT2D eigenvalue weighted by Crippen LogP contribution is -2.31. The van der Waals surface area contributed by atoms with Gasteiger partial charge < -0.3 is 0 Å². The third kappa shape index (κ3) is 1.65. The summed E-state index contributed by atoms with van der Waals surface area (Å²) < 4.78 is 0. The number of Topliss-reactive ketones (excluding diaryl/α,β-unsaturated/α-hetero) is 1. The summed E-state index contributed by atoms with van der Waals surface area (Å²) in [6.45, 7) is 1.87. The van der Waals surface area contributed by atoms with Gasteiger partial charge in [0.05, 0.1) is 5.25 Å². The molecule has 4 heteroatoms. The van der Waals surface area contributed by atoms with E-state index in [2.05, 4.69) is 9.93 Å². The van der Waals surface area contributed by atoms with Crippen LogP contribution in [0.2, 0.25) is 0 Å². The predicted octanol–water partition coefficient (Wildman–Crippen LogP) is 1.60. The first-order chi connectivity index (χ1) is 6.79. The van der Waals surface area contributed by atoms with Crippen molar-refractivity contribution < 1.29 is 4.79 Å². The van der Waals surface area contributed by atoms with E-state index >= 15 is 0 Å². The lowest BCUT2D eigenvalue weighted by Gasteiger charge is -2.16. The fraction of sp³-hybridized carbons (Fsp3) is 0.200. The van der Waals surface area contributed by atoms with E-state index in [1.807, 2.05) is 37.3 Å². The lowest BCUT2D eigenvalue weighted by atomic mass is 10.1. The van der Waals surface area contributed by atoms with Gasteiger partial charge in [0, 0.05) is 5.56 Å². The molecule has 0 radical (unpaired) electrons. The van der Waals surface area contributed by atoms with E-state index in [0.717, 1.165) is 5.56 Å². The van der Waals surface area contributed by atoms with E-state index in [1.165, 1.54) is 11.9 Å². The first kappa shape index (κ1) is 9.27. The minimum atomic E-state index is -0.0669. The Morgan fingerprint density at radius 2 is 2.07 bits per heavy atom. The average Bonchev–Trinajstić information content (AvgIpc) is 2.23. The molecule has 1 atom stereocenters. The summed E-state index contributed by atoms with van der Waals surface area (Å²) >= 11 is 1.34. The molecule has 0 aliphatic carbocycles. The molecule has 1 aliphatic rings. The zero-order valence-corrected chi connectivity index (χ0v) is 8.54. The van der Waals surface area contributed by atoms with Gasteiger partial charge in [-0.25, -0.2) is 0 Å². The molecule has 1 aliphatic heterocycles.